The summed E-state index contributed by atoms with van der Waals surface area (Å²) in [6, 6.07) is 16.8. The van der Waals surface area contributed by atoms with Gasteiger partial charge in [0.05, 0.1) is 30.0 Å². The number of nitrogens with zero attached hydrogens (tertiary/aromatic N) is 3. The fourth-order valence-electron chi connectivity index (χ4n) is 3.23. The highest BCUT2D eigenvalue weighted by atomic mass is 32.2. The van der Waals surface area contributed by atoms with E-state index >= 15 is 0 Å². The molecule has 2 aromatic carbocycles. The molecule has 0 bridgehead atoms. The first-order valence-electron chi connectivity index (χ1n) is 9.28. The maximum Gasteiger partial charge on any atom is 0.261 e. The Morgan fingerprint density at radius 3 is 2.18 bits per heavy atom. The van der Waals surface area contributed by atoms with Crippen molar-refractivity contribution in [2.24, 2.45) is 4.99 Å². The Morgan fingerprint density at radius 2 is 1.54 bits per heavy atom. The van der Waals surface area contributed by atoms with Crippen LogP contribution in [-0.4, -0.2) is 65.4 Å². The van der Waals surface area contributed by atoms with Crippen LogP contribution in [0.5, 0.6) is 0 Å². The summed E-state index contributed by atoms with van der Waals surface area (Å²) in [6.45, 7) is 3.27. The SMILES string of the molecule is O=C1c2ccccc2C(=O)N1CCSC(=Nc1ccccc1)N1CCOCC1. The molecule has 0 aromatic heterocycles. The summed E-state index contributed by atoms with van der Waals surface area (Å²) in [5, 5.41) is 0.895. The zero-order chi connectivity index (χ0) is 19.3. The van der Waals surface area contributed by atoms with Crippen LogP contribution >= 0.6 is 11.8 Å². The van der Waals surface area contributed by atoms with E-state index in [1.807, 2.05) is 30.3 Å². The number of rotatable bonds is 4. The van der Waals surface area contributed by atoms with Crippen LogP contribution in [-0.2, 0) is 4.74 Å². The predicted molar refractivity (Wildman–Crippen MR) is 110 cm³/mol. The maximum absolute atomic E-state index is 12.5. The molecule has 2 aliphatic rings. The van der Waals surface area contributed by atoms with E-state index in [1.54, 1.807) is 36.0 Å². The molecule has 7 heteroatoms. The van der Waals surface area contributed by atoms with Crippen molar-refractivity contribution in [2.45, 2.75) is 0 Å². The smallest absolute Gasteiger partial charge is 0.261 e. The molecular formula is C21H21N3O3S. The Kier molecular flexibility index (Phi) is 5.73. The largest absolute Gasteiger partial charge is 0.378 e. The van der Waals surface area contributed by atoms with E-state index in [-0.39, 0.29) is 11.8 Å². The Morgan fingerprint density at radius 1 is 0.929 bits per heavy atom. The quantitative estimate of drug-likeness (QED) is 0.452. The van der Waals surface area contributed by atoms with Gasteiger partial charge in [-0.05, 0) is 24.3 Å². The number of amidine groups is 1. The summed E-state index contributed by atoms with van der Waals surface area (Å²) >= 11 is 1.57. The van der Waals surface area contributed by atoms with Crippen molar-refractivity contribution in [1.82, 2.24) is 9.80 Å². The van der Waals surface area contributed by atoms with Crippen molar-refractivity contribution >= 4 is 34.4 Å². The van der Waals surface area contributed by atoms with Gasteiger partial charge in [-0.25, -0.2) is 4.99 Å². The van der Waals surface area contributed by atoms with Crippen molar-refractivity contribution in [3.05, 3.63) is 65.7 Å². The van der Waals surface area contributed by atoms with Crippen molar-refractivity contribution in [2.75, 3.05) is 38.6 Å². The third-order valence-corrected chi connectivity index (χ3v) is 5.68. The summed E-state index contributed by atoms with van der Waals surface area (Å²) in [5.74, 6) is 0.164. The summed E-state index contributed by atoms with van der Waals surface area (Å²) in [4.78, 5) is 33.3. The molecular weight excluding hydrogens is 374 g/mol. The monoisotopic (exact) mass is 395 g/mol. The number of carbonyl (C=O) groups is 2. The Hall–Kier alpha value is -2.64. The van der Waals surface area contributed by atoms with Crippen LogP contribution in [0.4, 0.5) is 5.69 Å². The fraction of sp³-hybridized carbons (Fsp3) is 0.286. The minimum Gasteiger partial charge on any atom is -0.378 e. The lowest BCUT2D eigenvalue weighted by Gasteiger charge is -2.29. The molecule has 4 rings (SSSR count). The number of morpholine rings is 1. The van der Waals surface area contributed by atoms with Crippen molar-refractivity contribution < 1.29 is 14.3 Å². The lowest BCUT2D eigenvalue weighted by atomic mass is 10.1. The van der Waals surface area contributed by atoms with E-state index in [4.69, 9.17) is 9.73 Å². The molecule has 0 spiro atoms. The topological polar surface area (TPSA) is 62.2 Å². The van der Waals surface area contributed by atoms with Crippen LogP contribution in [0.25, 0.3) is 0 Å². The lowest BCUT2D eigenvalue weighted by Crippen LogP contribution is -2.40. The van der Waals surface area contributed by atoms with E-state index in [1.165, 1.54) is 4.90 Å². The number of benzene rings is 2. The van der Waals surface area contributed by atoms with Crippen LogP contribution in [0.3, 0.4) is 0 Å². The highest BCUT2D eigenvalue weighted by Crippen LogP contribution is 2.24. The highest BCUT2D eigenvalue weighted by Gasteiger charge is 2.34. The number of amides is 2. The lowest BCUT2D eigenvalue weighted by molar-refractivity contribution is 0.0664. The molecule has 2 amide bonds. The molecule has 28 heavy (non-hydrogen) atoms. The number of ether oxygens (including phenoxy) is 1. The maximum atomic E-state index is 12.5. The number of carbonyl (C=O) groups excluding carboxylic acids is 2. The van der Waals surface area contributed by atoms with Gasteiger partial charge in [0.25, 0.3) is 11.8 Å². The van der Waals surface area contributed by atoms with Crippen LogP contribution in [0, 0.1) is 0 Å². The van der Waals surface area contributed by atoms with Crippen LogP contribution in [0.2, 0.25) is 0 Å². The van der Waals surface area contributed by atoms with Gasteiger partial charge in [-0.1, -0.05) is 42.1 Å². The molecule has 0 saturated carbocycles. The number of imide groups is 1. The van der Waals surface area contributed by atoms with E-state index in [0.29, 0.717) is 36.6 Å². The van der Waals surface area contributed by atoms with Gasteiger partial charge in [0.1, 0.15) is 0 Å². The molecule has 2 heterocycles. The van der Waals surface area contributed by atoms with Gasteiger partial charge >= 0.3 is 0 Å². The molecule has 0 atom stereocenters. The number of fused-ring (bicyclic) bond motifs is 1. The second-order valence-electron chi connectivity index (χ2n) is 6.49. The standard InChI is InChI=1S/C21H21N3O3S/c25-19-17-8-4-5-9-18(17)20(26)24(19)12-15-28-21(23-10-13-27-14-11-23)22-16-6-2-1-3-7-16/h1-9H,10-15H2. The molecule has 144 valence electrons. The molecule has 2 aliphatic heterocycles. The van der Waals surface area contributed by atoms with Gasteiger partial charge in [-0.2, -0.15) is 0 Å². The average Bonchev–Trinajstić information content (AvgIpc) is 2.99. The first-order valence-corrected chi connectivity index (χ1v) is 10.3. The molecule has 0 radical (unpaired) electrons. The number of hydrogen-bond acceptors (Lipinski definition) is 5. The predicted octanol–water partition coefficient (Wildman–Crippen LogP) is 3.04. The molecule has 2 aromatic rings. The molecule has 1 saturated heterocycles. The molecule has 0 unspecified atom stereocenters. The third kappa shape index (κ3) is 3.95. The first kappa shape index (κ1) is 18.7. The van der Waals surface area contributed by atoms with Crippen molar-refractivity contribution in [1.29, 1.82) is 0 Å². The van der Waals surface area contributed by atoms with E-state index < -0.39 is 0 Å². The zero-order valence-corrected chi connectivity index (χ0v) is 16.2. The van der Waals surface area contributed by atoms with Crippen molar-refractivity contribution in [3.63, 3.8) is 0 Å². The molecule has 6 nitrogen and oxygen atoms in total. The van der Waals surface area contributed by atoms with Crippen LogP contribution < -0.4 is 0 Å². The van der Waals surface area contributed by atoms with Gasteiger partial charge in [0, 0.05) is 25.4 Å². The summed E-state index contributed by atoms with van der Waals surface area (Å²) in [7, 11) is 0. The third-order valence-electron chi connectivity index (χ3n) is 4.69. The number of aliphatic imine (C=N–C) groups is 1. The molecule has 0 N–H and O–H groups in total. The number of hydrogen-bond donors (Lipinski definition) is 0. The van der Waals surface area contributed by atoms with E-state index in [0.717, 1.165) is 23.9 Å². The van der Waals surface area contributed by atoms with Gasteiger partial charge in [0.15, 0.2) is 5.17 Å². The van der Waals surface area contributed by atoms with Crippen molar-refractivity contribution in [3.8, 4) is 0 Å². The summed E-state index contributed by atoms with van der Waals surface area (Å²) < 4.78 is 5.45. The fourth-order valence-corrected chi connectivity index (χ4v) is 4.22. The second-order valence-corrected chi connectivity index (χ2v) is 7.55. The zero-order valence-electron chi connectivity index (χ0n) is 15.4. The van der Waals surface area contributed by atoms with Gasteiger partial charge in [-0.3, -0.25) is 14.5 Å². The van der Waals surface area contributed by atoms with Gasteiger partial charge in [0.2, 0.25) is 0 Å². The van der Waals surface area contributed by atoms with E-state index in [2.05, 4.69) is 4.90 Å². The van der Waals surface area contributed by atoms with Gasteiger partial charge < -0.3 is 9.64 Å². The normalized spacial score (nSPS) is 17.2. The van der Waals surface area contributed by atoms with E-state index in [9.17, 15) is 9.59 Å². The second kappa shape index (κ2) is 8.58. The molecule has 1 fully saturated rings. The summed E-state index contributed by atoms with van der Waals surface area (Å²) in [5.41, 5.74) is 1.87. The number of thioether (sulfide) groups is 1. The highest BCUT2D eigenvalue weighted by molar-refractivity contribution is 8.13. The Labute approximate surface area is 168 Å². The minimum absolute atomic E-state index is 0.214. The average molecular weight is 395 g/mol. The summed E-state index contributed by atoms with van der Waals surface area (Å²) in [6.07, 6.45) is 0. The minimum atomic E-state index is -0.214. The molecule has 0 aliphatic carbocycles. The first-order chi connectivity index (χ1) is 13.7. The Bertz CT molecular complexity index is 860. The van der Waals surface area contributed by atoms with Gasteiger partial charge in [-0.15, -0.1) is 0 Å². The van der Waals surface area contributed by atoms with Crippen LogP contribution in [0.15, 0.2) is 59.6 Å². The van der Waals surface area contributed by atoms with Crippen LogP contribution in [0.1, 0.15) is 20.7 Å². The Balaban J connectivity index is 1.44. The number of para-hydroxylation sites is 1.